The van der Waals surface area contributed by atoms with Gasteiger partial charge in [-0.05, 0) is 42.2 Å². The molecule has 0 saturated carbocycles. The van der Waals surface area contributed by atoms with Crippen molar-refractivity contribution in [3.63, 3.8) is 0 Å². The molecule has 0 fully saturated rings. The van der Waals surface area contributed by atoms with E-state index in [4.69, 9.17) is 0 Å². The number of alkyl halides is 3. The number of anilines is 1. The van der Waals surface area contributed by atoms with E-state index in [1.54, 1.807) is 29.3 Å². The molecule has 36 heavy (non-hydrogen) atoms. The lowest BCUT2D eigenvalue weighted by Gasteiger charge is -2.36. The van der Waals surface area contributed by atoms with Crippen molar-refractivity contribution >= 4 is 15.5 Å². The molecule has 190 valence electrons. The third-order valence-corrected chi connectivity index (χ3v) is 8.35. The summed E-state index contributed by atoms with van der Waals surface area (Å²) in [4.78, 5) is 8.73. The quantitative estimate of drug-likeness (QED) is 0.467. The molecule has 1 aliphatic heterocycles. The lowest BCUT2D eigenvalue weighted by atomic mass is 10.1. The monoisotopic (exact) mass is 517 g/mol. The summed E-state index contributed by atoms with van der Waals surface area (Å²) in [6.45, 7) is 0.450. The first-order valence-electron chi connectivity index (χ1n) is 11.5. The SMILES string of the molecule is N#Cc1ccc2c(c1)CNC(Cc1ccccc1)C(S(=O)(=O)CCCC(F)(F)F)N2Cc1cnc[nH]1. The number of fused-ring (bicyclic) bond motifs is 1. The molecule has 0 amide bonds. The molecule has 2 aromatic carbocycles. The molecule has 3 aromatic rings. The van der Waals surface area contributed by atoms with Crippen LogP contribution >= 0.6 is 0 Å². The fourth-order valence-corrected chi connectivity index (χ4v) is 6.64. The van der Waals surface area contributed by atoms with Gasteiger partial charge in [-0.25, -0.2) is 13.4 Å². The minimum Gasteiger partial charge on any atom is -0.347 e. The number of halogens is 3. The number of aromatic amines is 1. The zero-order valence-electron chi connectivity index (χ0n) is 19.4. The van der Waals surface area contributed by atoms with Gasteiger partial charge in [-0.1, -0.05) is 30.3 Å². The first kappa shape index (κ1) is 25.7. The van der Waals surface area contributed by atoms with Gasteiger partial charge in [0.05, 0.1) is 36.0 Å². The van der Waals surface area contributed by atoms with Gasteiger partial charge < -0.3 is 15.2 Å². The highest BCUT2D eigenvalue weighted by atomic mass is 32.2. The summed E-state index contributed by atoms with van der Waals surface area (Å²) in [7, 11) is -4.04. The van der Waals surface area contributed by atoms with Crippen LogP contribution in [0.25, 0.3) is 0 Å². The molecule has 7 nitrogen and oxygen atoms in total. The van der Waals surface area contributed by atoms with E-state index in [9.17, 15) is 26.9 Å². The minimum atomic E-state index is -4.43. The number of nitrogens with zero attached hydrogens (tertiary/aromatic N) is 3. The van der Waals surface area contributed by atoms with Crippen LogP contribution in [-0.4, -0.2) is 41.7 Å². The van der Waals surface area contributed by atoms with Gasteiger partial charge in [0.25, 0.3) is 0 Å². The number of aromatic nitrogens is 2. The number of rotatable bonds is 8. The number of nitrogens with one attached hydrogen (secondary N) is 2. The third kappa shape index (κ3) is 6.25. The number of sulfone groups is 1. The second kappa shape index (κ2) is 10.7. The average Bonchev–Trinajstić information content (AvgIpc) is 3.29. The maximum Gasteiger partial charge on any atom is 0.389 e. The van der Waals surface area contributed by atoms with Gasteiger partial charge in [0.2, 0.25) is 0 Å². The predicted octanol–water partition coefficient (Wildman–Crippen LogP) is 4.09. The molecule has 2 unspecified atom stereocenters. The summed E-state index contributed by atoms with van der Waals surface area (Å²) >= 11 is 0. The van der Waals surface area contributed by atoms with Crippen LogP contribution in [0.5, 0.6) is 0 Å². The van der Waals surface area contributed by atoms with Crippen molar-refractivity contribution in [2.75, 3.05) is 10.7 Å². The van der Waals surface area contributed by atoms with E-state index in [0.717, 1.165) is 11.1 Å². The van der Waals surface area contributed by atoms with Crippen molar-refractivity contribution in [1.29, 1.82) is 5.26 Å². The Balaban J connectivity index is 1.79. The first-order valence-corrected chi connectivity index (χ1v) is 13.2. The lowest BCUT2D eigenvalue weighted by Crippen LogP contribution is -2.54. The van der Waals surface area contributed by atoms with Gasteiger partial charge in [-0.3, -0.25) is 0 Å². The number of hydrogen-bond acceptors (Lipinski definition) is 6. The molecule has 2 N–H and O–H groups in total. The van der Waals surface area contributed by atoms with Crippen LogP contribution in [0, 0.1) is 11.3 Å². The van der Waals surface area contributed by atoms with E-state index in [1.807, 2.05) is 30.3 Å². The Morgan fingerprint density at radius 1 is 1.17 bits per heavy atom. The summed E-state index contributed by atoms with van der Waals surface area (Å²) in [6, 6.07) is 15.9. The fraction of sp³-hybridized carbons (Fsp3) is 0.360. The molecular weight excluding hydrogens is 491 g/mol. The second-order valence-corrected chi connectivity index (χ2v) is 11.0. The highest BCUT2D eigenvalue weighted by Crippen LogP contribution is 2.33. The van der Waals surface area contributed by atoms with E-state index in [-0.39, 0.29) is 6.54 Å². The molecule has 0 aliphatic carbocycles. The first-order chi connectivity index (χ1) is 17.2. The van der Waals surface area contributed by atoms with Gasteiger partial charge in [-0.2, -0.15) is 18.4 Å². The van der Waals surface area contributed by atoms with Gasteiger partial charge in [0.15, 0.2) is 9.84 Å². The fourth-order valence-electron chi connectivity index (χ4n) is 4.58. The van der Waals surface area contributed by atoms with Gasteiger partial charge >= 0.3 is 6.18 Å². The van der Waals surface area contributed by atoms with Crippen molar-refractivity contribution in [2.24, 2.45) is 0 Å². The molecule has 0 spiro atoms. The molecule has 11 heteroatoms. The predicted molar refractivity (Wildman–Crippen MR) is 130 cm³/mol. The largest absolute Gasteiger partial charge is 0.389 e. The smallest absolute Gasteiger partial charge is 0.347 e. The molecular formula is C25H26F3N5O2S. The summed E-state index contributed by atoms with van der Waals surface area (Å²) < 4.78 is 66.1. The Kier molecular flexibility index (Phi) is 7.66. The zero-order valence-corrected chi connectivity index (χ0v) is 20.2. The molecule has 0 bridgehead atoms. The molecule has 4 rings (SSSR count). The average molecular weight is 518 g/mol. The normalized spacial score (nSPS) is 18.3. The zero-order chi connectivity index (χ0) is 25.8. The third-order valence-electron chi connectivity index (χ3n) is 6.18. The highest BCUT2D eigenvalue weighted by Gasteiger charge is 2.41. The highest BCUT2D eigenvalue weighted by molar-refractivity contribution is 7.92. The number of imidazole rings is 1. The topological polar surface area (TPSA) is 102 Å². The maximum absolute atomic E-state index is 13.8. The Hall–Kier alpha value is -3.36. The van der Waals surface area contributed by atoms with Crippen molar-refractivity contribution < 1.29 is 21.6 Å². The van der Waals surface area contributed by atoms with Crippen LogP contribution in [0.3, 0.4) is 0 Å². The molecule has 1 aliphatic rings. The van der Waals surface area contributed by atoms with E-state index in [2.05, 4.69) is 21.4 Å². The van der Waals surface area contributed by atoms with Gasteiger partial charge in [-0.15, -0.1) is 0 Å². The molecule has 0 saturated heterocycles. The van der Waals surface area contributed by atoms with Crippen LogP contribution in [0.1, 0.15) is 35.2 Å². The van der Waals surface area contributed by atoms with E-state index in [0.29, 0.717) is 29.9 Å². The lowest BCUT2D eigenvalue weighted by molar-refractivity contribution is -0.134. The maximum atomic E-state index is 13.8. The Morgan fingerprint density at radius 3 is 2.61 bits per heavy atom. The van der Waals surface area contributed by atoms with Gasteiger partial charge in [0.1, 0.15) is 5.37 Å². The number of benzene rings is 2. The number of H-pyrrole nitrogens is 1. The molecule has 2 atom stereocenters. The van der Waals surface area contributed by atoms with E-state index < -0.39 is 46.0 Å². The summed E-state index contributed by atoms with van der Waals surface area (Å²) in [5.41, 5.74) is 3.33. The van der Waals surface area contributed by atoms with Crippen molar-refractivity contribution in [3.8, 4) is 6.07 Å². The Labute approximate surface area is 207 Å². The summed E-state index contributed by atoms with van der Waals surface area (Å²) in [5, 5.41) is 11.6. The molecule has 2 heterocycles. The van der Waals surface area contributed by atoms with Crippen LogP contribution in [0.2, 0.25) is 0 Å². The number of nitriles is 1. The standard InChI is InChI=1S/C25H26F3N5O2S/c26-25(27,28)9-4-10-36(34,35)24-22(12-18-5-2-1-3-6-18)31-14-20-11-19(13-29)7-8-23(20)33(24)16-21-15-30-17-32-21/h1-3,5-8,11,15,17,22,24,31H,4,9-10,12,14,16H2,(H,30,32). The number of hydrogen-bond donors (Lipinski definition) is 2. The van der Waals surface area contributed by atoms with Crippen LogP contribution in [-0.2, 0) is 29.3 Å². The van der Waals surface area contributed by atoms with E-state index in [1.165, 1.54) is 6.33 Å². The van der Waals surface area contributed by atoms with Gasteiger partial charge in [0, 0.05) is 30.9 Å². The molecule has 0 radical (unpaired) electrons. The Morgan fingerprint density at radius 2 is 1.94 bits per heavy atom. The van der Waals surface area contributed by atoms with Crippen LogP contribution in [0.15, 0.2) is 61.1 Å². The Bertz CT molecular complexity index is 1310. The van der Waals surface area contributed by atoms with Crippen molar-refractivity contribution in [1.82, 2.24) is 15.3 Å². The van der Waals surface area contributed by atoms with Crippen LogP contribution in [0.4, 0.5) is 18.9 Å². The van der Waals surface area contributed by atoms with E-state index >= 15 is 0 Å². The summed E-state index contributed by atoms with van der Waals surface area (Å²) in [6.07, 6.45) is -2.70. The summed E-state index contributed by atoms with van der Waals surface area (Å²) in [5.74, 6) is -0.602. The van der Waals surface area contributed by atoms with Crippen molar-refractivity contribution in [2.45, 2.75) is 49.9 Å². The second-order valence-electron chi connectivity index (χ2n) is 8.81. The minimum absolute atomic E-state index is 0.148. The van der Waals surface area contributed by atoms with Crippen molar-refractivity contribution in [3.05, 3.63) is 83.4 Å². The van der Waals surface area contributed by atoms with Crippen LogP contribution < -0.4 is 10.2 Å². The molecule has 1 aromatic heterocycles.